The van der Waals surface area contributed by atoms with Gasteiger partial charge < -0.3 is 9.63 Å². The second-order valence-corrected chi connectivity index (χ2v) is 11.7. The van der Waals surface area contributed by atoms with Gasteiger partial charge in [0, 0.05) is 12.1 Å². The topological polar surface area (TPSA) is 59.0 Å². The molecule has 1 aromatic rings. The summed E-state index contributed by atoms with van der Waals surface area (Å²) in [4.78, 5) is 10.9. The third-order valence-corrected chi connectivity index (χ3v) is 8.02. The summed E-state index contributed by atoms with van der Waals surface area (Å²) in [5.41, 5.74) is 0.437. The lowest BCUT2D eigenvalue weighted by Gasteiger charge is -2.40. The molecule has 1 saturated carbocycles. The van der Waals surface area contributed by atoms with E-state index >= 15 is 0 Å². The van der Waals surface area contributed by atoms with Gasteiger partial charge in [0.1, 0.15) is 5.75 Å². The first-order valence-corrected chi connectivity index (χ1v) is 12.4. The van der Waals surface area contributed by atoms with Gasteiger partial charge in [-0.3, -0.25) is 4.52 Å². The van der Waals surface area contributed by atoms with Gasteiger partial charge in [-0.2, -0.15) is 4.67 Å². The van der Waals surface area contributed by atoms with Gasteiger partial charge in [-0.05, 0) is 75.0 Å². The van der Waals surface area contributed by atoms with Crippen LogP contribution in [0.1, 0.15) is 66.4 Å². The van der Waals surface area contributed by atoms with Crippen LogP contribution >= 0.6 is 7.75 Å². The summed E-state index contributed by atoms with van der Waals surface area (Å²) >= 11 is 0. The van der Waals surface area contributed by atoms with Crippen molar-refractivity contribution in [2.45, 2.75) is 72.9 Å². The Kier molecular flexibility index (Phi) is 8.38. The molecule has 0 amide bonds. The van der Waals surface area contributed by atoms with Crippen molar-refractivity contribution in [3.8, 4) is 5.75 Å². The average molecular weight is 426 g/mol. The highest BCUT2D eigenvalue weighted by atomic mass is 31.2. The van der Waals surface area contributed by atoms with E-state index in [-0.39, 0.29) is 0 Å². The summed E-state index contributed by atoms with van der Waals surface area (Å²) in [6.07, 6.45) is 3.48. The van der Waals surface area contributed by atoms with Crippen LogP contribution in [0.4, 0.5) is 0 Å². The Labute approximate surface area is 177 Å². The predicted octanol–water partition coefficient (Wildman–Crippen LogP) is 6.12. The van der Waals surface area contributed by atoms with Crippen molar-refractivity contribution in [3.63, 3.8) is 0 Å². The molecule has 0 saturated heterocycles. The summed E-state index contributed by atoms with van der Waals surface area (Å²) in [7, 11) is -2.32. The van der Waals surface area contributed by atoms with Crippen LogP contribution in [0, 0.1) is 23.7 Å². The molecule has 1 fully saturated rings. The van der Waals surface area contributed by atoms with Crippen LogP contribution in [-0.4, -0.2) is 28.8 Å². The molecule has 2 rings (SSSR count). The highest BCUT2D eigenvalue weighted by Gasteiger charge is 2.40. The molecule has 0 aromatic heterocycles. The Morgan fingerprint density at radius 2 is 1.83 bits per heavy atom. The second kappa shape index (κ2) is 9.96. The monoisotopic (exact) mass is 425 g/mol. The van der Waals surface area contributed by atoms with Gasteiger partial charge >= 0.3 is 7.75 Å². The molecule has 6 heteroatoms. The zero-order valence-corrected chi connectivity index (χ0v) is 20.1. The second-order valence-electron chi connectivity index (χ2n) is 9.95. The molecule has 0 radical (unpaired) electrons. The van der Waals surface area contributed by atoms with Crippen molar-refractivity contribution in [2.75, 3.05) is 13.7 Å². The van der Waals surface area contributed by atoms with Gasteiger partial charge in [-0.25, -0.2) is 4.57 Å². The molecule has 0 aliphatic heterocycles. The summed E-state index contributed by atoms with van der Waals surface area (Å²) in [6, 6.07) is 7.59. The van der Waals surface area contributed by atoms with Gasteiger partial charge in [0.05, 0.1) is 13.7 Å². The Hall–Kier alpha value is -0.870. The minimum atomic E-state index is -3.95. The largest absolute Gasteiger partial charge is 0.497 e. The first-order chi connectivity index (χ1) is 13.4. The first-order valence-electron chi connectivity index (χ1n) is 10.8. The summed E-state index contributed by atoms with van der Waals surface area (Å²) < 4.78 is 25.9. The van der Waals surface area contributed by atoms with E-state index in [0.29, 0.717) is 36.8 Å². The van der Waals surface area contributed by atoms with Crippen LogP contribution < -0.4 is 4.74 Å². The fourth-order valence-corrected chi connectivity index (χ4v) is 6.09. The number of ether oxygens (including phenoxy) is 1. The maximum Gasteiger partial charge on any atom is 0.406 e. The summed E-state index contributed by atoms with van der Waals surface area (Å²) in [6.45, 7) is 13.3. The van der Waals surface area contributed by atoms with Gasteiger partial charge in [-0.15, -0.1) is 0 Å². The molecule has 29 heavy (non-hydrogen) atoms. The number of rotatable bonds is 8. The van der Waals surface area contributed by atoms with E-state index < -0.39 is 13.3 Å². The normalized spacial score (nSPS) is 25.2. The third kappa shape index (κ3) is 6.82. The fourth-order valence-electron chi connectivity index (χ4n) is 4.46. The van der Waals surface area contributed by atoms with Gasteiger partial charge in [-0.1, -0.05) is 39.3 Å². The highest BCUT2D eigenvalue weighted by molar-refractivity contribution is 7.50. The maximum atomic E-state index is 13.3. The van der Waals surface area contributed by atoms with E-state index in [2.05, 4.69) is 20.8 Å². The molecule has 0 spiro atoms. The van der Waals surface area contributed by atoms with E-state index in [9.17, 15) is 9.46 Å². The van der Waals surface area contributed by atoms with Crippen LogP contribution in [0.15, 0.2) is 24.3 Å². The van der Waals surface area contributed by atoms with Crippen molar-refractivity contribution >= 4 is 7.75 Å². The Morgan fingerprint density at radius 3 is 2.34 bits per heavy atom. The molecule has 5 nitrogen and oxygen atoms in total. The molecular weight excluding hydrogens is 385 g/mol. The third-order valence-electron chi connectivity index (χ3n) is 6.19. The Balaban J connectivity index is 2.13. The minimum Gasteiger partial charge on any atom is -0.497 e. The molecular formula is C23H40NO4P. The SMILES string of the molecule is COc1ccc(CN(C(C)(C)C)P(=O)(O)OCC2CC(C)CCC2C(C)C)cc1. The van der Waals surface area contributed by atoms with Gasteiger partial charge in [0.2, 0.25) is 0 Å². The lowest BCUT2D eigenvalue weighted by Crippen LogP contribution is -2.39. The van der Waals surface area contributed by atoms with Crippen LogP contribution in [0.5, 0.6) is 5.75 Å². The molecule has 1 N–H and O–H groups in total. The van der Waals surface area contributed by atoms with Crippen LogP contribution in [0.25, 0.3) is 0 Å². The van der Waals surface area contributed by atoms with Crippen molar-refractivity contribution in [1.82, 2.24) is 4.67 Å². The number of hydrogen-bond acceptors (Lipinski definition) is 3. The molecule has 166 valence electrons. The number of benzene rings is 1. The van der Waals surface area contributed by atoms with Crippen molar-refractivity contribution in [2.24, 2.45) is 23.7 Å². The Bertz CT molecular complexity index is 683. The number of methoxy groups -OCH3 is 1. The van der Waals surface area contributed by atoms with E-state index in [4.69, 9.17) is 9.26 Å². The van der Waals surface area contributed by atoms with E-state index in [1.165, 1.54) is 12.8 Å². The van der Waals surface area contributed by atoms with E-state index in [0.717, 1.165) is 17.7 Å². The average Bonchev–Trinajstić information content (AvgIpc) is 2.63. The highest BCUT2D eigenvalue weighted by Crippen LogP contribution is 2.53. The maximum absolute atomic E-state index is 13.3. The van der Waals surface area contributed by atoms with E-state index in [1.54, 1.807) is 11.8 Å². The van der Waals surface area contributed by atoms with E-state index in [1.807, 2.05) is 45.0 Å². The van der Waals surface area contributed by atoms with Crippen molar-refractivity contribution in [1.29, 1.82) is 0 Å². The first kappa shape index (κ1) is 24.4. The van der Waals surface area contributed by atoms with Crippen LogP contribution in [0.2, 0.25) is 0 Å². The standard InChI is InChI=1S/C23H40NO4P/c1-17(2)22-13-8-18(3)14-20(22)16-28-29(25,26)24(23(4,5)6)15-19-9-11-21(27-7)12-10-19/h9-12,17-18,20,22H,8,13-16H2,1-7H3,(H,25,26). The molecule has 1 aromatic carbocycles. The molecule has 4 unspecified atom stereocenters. The van der Waals surface area contributed by atoms with Gasteiger partial charge in [0.15, 0.2) is 0 Å². The molecule has 1 aliphatic rings. The summed E-state index contributed by atoms with van der Waals surface area (Å²) in [5.74, 6) is 2.87. The summed E-state index contributed by atoms with van der Waals surface area (Å²) in [5, 5.41) is 0. The zero-order valence-electron chi connectivity index (χ0n) is 19.2. The molecule has 1 aliphatic carbocycles. The van der Waals surface area contributed by atoms with Crippen molar-refractivity contribution < 1.29 is 18.7 Å². The van der Waals surface area contributed by atoms with Crippen molar-refractivity contribution in [3.05, 3.63) is 29.8 Å². The van der Waals surface area contributed by atoms with Crippen LogP contribution in [-0.2, 0) is 15.6 Å². The zero-order chi connectivity index (χ0) is 21.8. The fraction of sp³-hybridized carbons (Fsp3) is 0.739. The number of nitrogens with zero attached hydrogens (tertiary/aromatic N) is 1. The molecule has 0 bridgehead atoms. The predicted molar refractivity (Wildman–Crippen MR) is 119 cm³/mol. The number of hydrogen-bond donors (Lipinski definition) is 1. The smallest absolute Gasteiger partial charge is 0.406 e. The lowest BCUT2D eigenvalue weighted by molar-refractivity contribution is 0.0690. The quantitative estimate of drug-likeness (QED) is 0.508. The lowest BCUT2D eigenvalue weighted by atomic mass is 9.70. The molecule has 0 heterocycles. The minimum absolute atomic E-state index is 0.335. The van der Waals surface area contributed by atoms with Gasteiger partial charge in [0.25, 0.3) is 0 Å². The van der Waals surface area contributed by atoms with Crippen LogP contribution in [0.3, 0.4) is 0 Å². The Morgan fingerprint density at radius 1 is 1.21 bits per heavy atom. The molecule has 4 atom stereocenters.